The molecule has 1 unspecified atom stereocenters. The molecule has 0 radical (unpaired) electrons. The number of aliphatic imine (C=N–C) groups is 1. The van der Waals surface area contributed by atoms with Gasteiger partial charge in [0.25, 0.3) is 5.91 Å². The number of amides is 1. The zero-order valence-electron chi connectivity index (χ0n) is 15.7. The lowest BCUT2D eigenvalue weighted by molar-refractivity contribution is -0.121. The zero-order valence-corrected chi connectivity index (χ0v) is 15.7. The number of carbonyl (C=O) groups is 1. The van der Waals surface area contributed by atoms with Crippen molar-refractivity contribution >= 4 is 29.0 Å². The van der Waals surface area contributed by atoms with E-state index in [9.17, 15) is 4.79 Å². The van der Waals surface area contributed by atoms with Gasteiger partial charge in [-0.1, -0.05) is 36.4 Å². The quantitative estimate of drug-likeness (QED) is 0.672. The van der Waals surface area contributed by atoms with Crippen LogP contribution in [0.5, 0.6) is 0 Å². The first-order chi connectivity index (χ1) is 13.7. The molecule has 0 fully saturated rings. The van der Waals surface area contributed by atoms with Crippen LogP contribution in [0.1, 0.15) is 17.2 Å². The van der Waals surface area contributed by atoms with Gasteiger partial charge in [0.05, 0.1) is 30.0 Å². The highest BCUT2D eigenvalue weighted by Crippen LogP contribution is 2.21. The van der Waals surface area contributed by atoms with E-state index in [0.717, 1.165) is 22.2 Å². The molecule has 1 atom stereocenters. The summed E-state index contributed by atoms with van der Waals surface area (Å²) in [4.78, 5) is 26.0. The van der Waals surface area contributed by atoms with Gasteiger partial charge in [0, 0.05) is 14.2 Å². The average molecular weight is 375 g/mol. The third-order valence-corrected chi connectivity index (χ3v) is 4.66. The Morgan fingerprint density at radius 2 is 2.07 bits per heavy atom. The predicted octanol–water partition coefficient (Wildman–Crippen LogP) is 2.71. The molecule has 142 valence electrons. The SMILES string of the molecule is COCC(NC1=N/C(=C\c2ccc3[nH]cnc3c2)C(=O)N1C)c1ccccc1. The molecule has 7 nitrogen and oxygen atoms in total. The van der Waals surface area contributed by atoms with E-state index >= 15 is 0 Å². The Hall–Kier alpha value is -3.45. The molecule has 1 amide bonds. The van der Waals surface area contributed by atoms with Gasteiger partial charge < -0.3 is 15.0 Å². The van der Waals surface area contributed by atoms with Gasteiger partial charge in [0.1, 0.15) is 5.70 Å². The minimum absolute atomic E-state index is 0.111. The fourth-order valence-corrected chi connectivity index (χ4v) is 3.15. The maximum atomic E-state index is 12.7. The van der Waals surface area contributed by atoms with Crippen LogP contribution in [0.3, 0.4) is 0 Å². The smallest absolute Gasteiger partial charge is 0.279 e. The highest BCUT2D eigenvalue weighted by atomic mass is 16.5. The van der Waals surface area contributed by atoms with Crippen molar-refractivity contribution in [1.82, 2.24) is 20.2 Å². The Labute approximate surface area is 162 Å². The largest absolute Gasteiger partial charge is 0.382 e. The van der Waals surface area contributed by atoms with Crippen molar-refractivity contribution in [1.29, 1.82) is 0 Å². The van der Waals surface area contributed by atoms with E-state index in [2.05, 4.69) is 20.3 Å². The lowest BCUT2D eigenvalue weighted by Crippen LogP contribution is -2.41. The minimum Gasteiger partial charge on any atom is -0.382 e. The van der Waals surface area contributed by atoms with Crippen LogP contribution in [0.15, 0.2) is 65.5 Å². The summed E-state index contributed by atoms with van der Waals surface area (Å²) in [5.41, 5.74) is 4.11. The number of ether oxygens (including phenoxy) is 1. The Bertz CT molecular complexity index is 1050. The van der Waals surface area contributed by atoms with Gasteiger partial charge in [-0.3, -0.25) is 9.69 Å². The van der Waals surface area contributed by atoms with Gasteiger partial charge in [-0.15, -0.1) is 0 Å². The lowest BCUT2D eigenvalue weighted by Gasteiger charge is -2.22. The van der Waals surface area contributed by atoms with Crippen LogP contribution in [-0.2, 0) is 9.53 Å². The number of hydrogen-bond acceptors (Lipinski definition) is 5. The molecule has 2 N–H and O–H groups in total. The normalized spacial score (nSPS) is 16.6. The van der Waals surface area contributed by atoms with Gasteiger partial charge in [-0.25, -0.2) is 9.98 Å². The molecule has 1 aliphatic rings. The van der Waals surface area contributed by atoms with Crippen LogP contribution in [-0.4, -0.2) is 47.5 Å². The van der Waals surface area contributed by atoms with E-state index in [0.29, 0.717) is 18.3 Å². The minimum atomic E-state index is -0.158. The van der Waals surface area contributed by atoms with Crippen molar-refractivity contribution in [2.24, 2.45) is 4.99 Å². The maximum absolute atomic E-state index is 12.7. The number of nitrogens with zero attached hydrogens (tertiary/aromatic N) is 3. The number of benzene rings is 2. The lowest BCUT2D eigenvalue weighted by atomic mass is 10.1. The number of carbonyl (C=O) groups excluding carboxylic acids is 1. The molecule has 2 aromatic carbocycles. The van der Waals surface area contributed by atoms with E-state index in [4.69, 9.17) is 4.74 Å². The number of guanidine groups is 1. The second-order valence-corrected chi connectivity index (χ2v) is 6.57. The standard InChI is InChI=1S/C21H21N5O2/c1-26-20(27)18(11-14-8-9-16-17(10-14)23-13-22-16)24-21(26)25-19(12-28-2)15-6-4-3-5-7-15/h3-11,13,19H,12H2,1-2H3,(H,22,23)(H,24,25)/b18-11-. The second-order valence-electron chi connectivity index (χ2n) is 6.57. The van der Waals surface area contributed by atoms with E-state index in [1.165, 1.54) is 4.90 Å². The topological polar surface area (TPSA) is 82.6 Å². The summed E-state index contributed by atoms with van der Waals surface area (Å²) in [6.07, 6.45) is 3.42. The van der Waals surface area contributed by atoms with Gasteiger partial charge in [0.15, 0.2) is 0 Å². The fourth-order valence-electron chi connectivity index (χ4n) is 3.15. The van der Waals surface area contributed by atoms with E-state index in [1.54, 1.807) is 26.6 Å². The summed E-state index contributed by atoms with van der Waals surface area (Å²) >= 11 is 0. The summed E-state index contributed by atoms with van der Waals surface area (Å²) in [6.45, 7) is 0.458. The van der Waals surface area contributed by atoms with Crippen LogP contribution >= 0.6 is 0 Å². The van der Waals surface area contributed by atoms with E-state index < -0.39 is 0 Å². The third kappa shape index (κ3) is 3.52. The maximum Gasteiger partial charge on any atom is 0.279 e. The average Bonchev–Trinajstić information content (AvgIpc) is 3.28. The highest BCUT2D eigenvalue weighted by Gasteiger charge is 2.28. The molecule has 7 heteroatoms. The first-order valence-electron chi connectivity index (χ1n) is 8.97. The molecule has 0 saturated heterocycles. The molecule has 1 aromatic heterocycles. The fraction of sp³-hybridized carbons (Fsp3) is 0.190. The zero-order chi connectivity index (χ0) is 19.5. The molecule has 0 aliphatic carbocycles. The molecule has 1 aliphatic heterocycles. The highest BCUT2D eigenvalue weighted by molar-refractivity contribution is 6.13. The Morgan fingerprint density at radius 1 is 1.25 bits per heavy atom. The van der Waals surface area contributed by atoms with Crippen molar-refractivity contribution in [2.75, 3.05) is 20.8 Å². The molecule has 0 bridgehead atoms. The summed E-state index contributed by atoms with van der Waals surface area (Å²) in [5.74, 6) is 0.344. The van der Waals surface area contributed by atoms with Crippen LogP contribution in [0.25, 0.3) is 17.1 Å². The number of rotatable bonds is 5. The summed E-state index contributed by atoms with van der Waals surface area (Å²) in [5, 5.41) is 3.33. The number of aromatic nitrogens is 2. The predicted molar refractivity (Wildman–Crippen MR) is 108 cm³/mol. The molecule has 3 aromatic rings. The van der Waals surface area contributed by atoms with Crippen LogP contribution < -0.4 is 5.32 Å². The summed E-state index contributed by atoms with van der Waals surface area (Å²) in [6, 6.07) is 15.6. The molecule has 2 heterocycles. The van der Waals surface area contributed by atoms with Crippen molar-refractivity contribution in [3.05, 3.63) is 71.7 Å². The molecule has 0 saturated carbocycles. The van der Waals surface area contributed by atoms with Crippen LogP contribution in [0.2, 0.25) is 0 Å². The van der Waals surface area contributed by atoms with Gasteiger partial charge in [0.2, 0.25) is 5.96 Å². The van der Waals surface area contributed by atoms with Crippen molar-refractivity contribution in [3.63, 3.8) is 0 Å². The Kier molecular flexibility index (Phi) is 4.90. The molecule has 4 rings (SSSR count). The van der Waals surface area contributed by atoms with Crippen molar-refractivity contribution in [2.45, 2.75) is 6.04 Å². The number of imidazole rings is 1. The second kappa shape index (κ2) is 7.66. The first kappa shape index (κ1) is 17.9. The molecule has 28 heavy (non-hydrogen) atoms. The van der Waals surface area contributed by atoms with Crippen LogP contribution in [0, 0.1) is 0 Å². The van der Waals surface area contributed by atoms with Crippen molar-refractivity contribution in [3.8, 4) is 0 Å². The summed E-state index contributed by atoms with van der Waals surface area (Å²) < 4.78 is 5.34. The number of methoxy groups -OCH3 is 1. The Morgan fingerprint density at radius 3 is 2.86 bits per heavy atom. The molecular formula is C21H21N5O2. The van der Waals surface area contributed by atoms with Gasteiger partial charge in [-0.2, -0.15) is 0 Å². The van der Waals surface area contributed by atoms with Gasteiger partial charge >= 0.3 is 0 Å². The number of H-pyrrole nitrogens is 1. The summed E-state index contributed by atoms with van der Waals surface area (Å²) in [7, 11) is 3.36. The number of fused-ring (bicyclic) bond motifs is 1. The number of likely N-dealkylation sites (N-methyl/N-ethyl adjacent to an activating group) is 1. The molecular weight excluding hydrogens is 354 g/mol. The monoisotopic (exact) mass is 375 g/mol. The van der Waals surface area contributed by atoms with Crippen LogP contribution in [0.4, 0.5) is 0 Å². The number of nitrogens with one attached hydrogen (secondary N) is 2. The van der Waals surface area contributed by atoms with E-state index in [-0.39, 0.29) is 11.9 Å². The first-order valence-corrected chi connectivity index (χ1v) is 8.97. The number of aromatic amines is 1. The Balaban J connectivity index is 1.61. The van der Waals surface area contributed by atoms with Crippen molar-refractivity contribution < 1.29 is 9.53 Å². The molecule has 0 spiro atoms. The van der Waals surface area contributed by atoms with E-state index in [1.807, 2.05) is 48.5 Å². The van der Waals surface area contributed by atoms with Gasteiger partial charge in [-0.05, 0) is 29.3 Å². The third-order valence-electron chi connectivity index (χ3n) is 4.66. The number of hydrogen-bond donors (Lipinski definition) is 2.